The number of aromatic nitrogens is 2. The molecule has 0 aliphatic heterocycles. The quantitative estimate of drug-likeness (QED) is 0.404. The van der Waals surface area contributed by atoms with E-state index in [0.29, 0.717) is 18.2 Å². The van der Waals surface area contributed by atoms with Crippen LogP contribution in [0.2, 0.25) is 0 Å². The van der Waals surface area contributed by atoms with Gasteiger partial charge in [0.25, 0.3) is 0 Å². The number of halogens is 1. The van der Waals surface area contributed by atoms with Gasteiger partial charge in [0.1, 0.15) is 5.82 Å². The fourth-order valence-electron chi connectivity index (χ4n) is 4.46. The number of rotatable bonds is 10. The zero-order chi connectivity index (χ0) is 20.5. The first-order valence-corrected chi connectivity index (χ1v) is 11.4. The molecule has 1 aromatic carbocycles. The van der Waals surface area contributed by atoms with E-state index in [4.69, 9.17) is 4.74 Å². The van der Waals surface area contributed by atoms with Crippen LogP contribution in [0.25, 0.3) is 11.3 Å². The number of unbranched alkanes of at least 4 members (excludes halogenated alkanes) is 2. The van der Waals surface area contributed by atoms with Crippen molar-refractivity contribution in [3.05, 3.63) is 41.7 Å². The average Bonchev–Trinajstić information content (AvgIpc) is 2.75. The van der Waals surface area contributed by atoms with Gasteiger partial charge in [-0.25, -0.2) is 4.39 Å². The van der Waals surface area contributed by atoms with Crippen molar-refractivity contribution in [2.45, 2.75) is 78.1 Å². The molecule has 0 atom stereocenters. The van der Waals surface area contributed by atoms with Crippen LogP contribution in [0, 0.1) is 17.7 Å². The predicted octanol–water partition coefficient (Wildman–Crippen LogP) is 7.00. The topological polar surface area (TPSA) is 35.0 Å². The number of hydrogen-bond donors (Lipinski definition) is 0. The molecule has 29 heavy (non-hydrogen) atoms. The number of nitrogens with zero attached hydrogens (tertiary/aromatic N) is 2. The standard InChI is InChI=1S/C25H35FN2O/c1-3-5-6-7-19-8-10-20(11-9-19)12-13-21-14-15-22(18-23(21)26)24-16-17-25(28-27-24)29-4-2/h14-20H,3-13H2,1-2H3/t19-,20-. The van der Waals surface area contributed by atoms with E-state index in [1.807, 2.05) is 25.1 Å². The Kier molecular flexibility index (Phi) is 8.45. The van der Waals surface area contributed by atoms with Crippen LogP contribution in [0.3, 0.4) is 0 Å². The SMILES string of the molecule is CCCCC[C@H]1CC[C@H](CCc2ccc(-c3ccc(OCC)nn3)cc2F)CC1. The molecule has 0 spiro atoms. The van der Waals surface area contributed by atoms with E-state index >= 15 is 0 Å². The van der Waals surface area contributed by atoms with Crippen molar-refractivity contribution in [1.29, 1.82) is 0 Å². The van der Waals surface area contributed by atoms with Gasteiger partial charge in [0.15, 0.2) is 0 Å². The van der Waals surface area contributed by atoms with E-state index < -0.39 is 0 Å². The highest BCUT2D eigenvalue weighted by Gasteiger charge is 2.21. The zero-order valence-corrected chi connectivity index (χ0v) is 18.0. The van der Waals surface area contributed by atoms with Gasteiger partial charge in [-0.3, -0.25) is 0 Å². The summed E-state index contributed by atoms with van der Waals surface area (Å²) in [5.74, 6) is 2.05. The van der Waals surface area contributed by atoms with Crippen molar-refractivity contribution in [2.24, 2.45) is 11.8 Å². The first-order valence-electron chi connectivity index (χ1n) is 11.4. The molecule has 0 unspecified atom stereocenters. The lowest BCUT2D eigenvalue weighted by Gasteiger charge is -2.28. The molecule has 2 aromatic rings. The Labute approximate surface area is 175 Å². The number of aryl methyl sites for hydroxylation is 1. The van der Waals surface area contributed by atoms with Gasteiger partial charge in [-0.2, -0.15) is 0 Å². The fourth-order valence-corrected chi connectivity index (χ4v) is 4.46. The second-order valence-electron chi connectivity index (χ2n) is 8.42. The second-order valence-corrected chi connectivity index (χ2v) is 8.42. The second kappa shape index (κ2) is 11.3. The third-order valence-corrected chi connectivity index (χ3v) is 6.29. The normalized spacial score (nSPS) is 19.3. The van der Waals surface area contributed by atoms with Gasteiger partial charge in [0, 0.05) is 11.6 Å². The van der Waals surface area contributed by atoms with E-state index in [9.17, 15) is 4.39 Å². The molecule has 1 fully saturated rings. The van der Waals surface area contributed by atoms with E-state index in [0.717, 1.165) is 35.8 Å². The van der Waals surface area contributed by atoms with Crippen molar-refractivity contribution in [1.82, 2.24) is 10.2 Å². The Morgan fingerprint density at radius 3 is 2.31 bits per heavy atom. The van der Waals surface area contributed by atoms with Gasteiger partial charge in [-0.1, -0.05) is 70.4 Å². The smallest absolute Gasteiger partial charge is 0.233 e. The molecule has 1 aliphatic carbocycles. The molecular weight excluding hydrogens is 363 g/mol. The Hall–Kier alpha value is -1.97. The van der Waals surface area contributed by atoms with Crippen LogP contribution in [0.15, 0.2) is 30.3 Å². The van der Waals surface area contributed by atoms with Crippen LogP contribution in [0.4, 0.5) is 4.39 Å². The summed E-state index contributed by atoms with van der Waals surface area (Å²) in [4.78, 5) is 0. The minimum Gasteiger partial charge on any atom is -0.477 e. The Bertz CT molecular complexity index is 739. The van der Waals surface area contributed by atoms with E-state index in [-0.39, 0.29) is 5.82 Å². The number of hydrogen-bond acceptors (Lipinski definition) is 3. The molecule has 0 N–H and O–H groups in total. The highest BCUT2D eigenvalue weighted by Crippen LogP contribution is 2.34. The molecule has 3 nitrogen and oxygen atoms in total. The summed E-state index contributed by atoms with van der Waals surface area (Å²) in [7, 11) is 0. The van der Waals surface area contributed by atoms with Crippen molar-refractivity contribution < 1.29 is 9.13 Å². The number of benzene rings is 1. The van der Waals surface area contributed by atoms with Crippen LogP contribution in [-0.2, 0) is 6.42 Å². The molecular formula is C25H35FN2O. The lowest BCUT2D eigenvalue weighted by molar-refractivity contribution is 0.248. The molecule has 4 heteroatoms. The lowest BCUT2D eigenvalue weighted by atomic mass is 9.77. The summed E-state index contributed by atoms with van der Waals surface area (Å²) in [6, 6.07) is 9.05. The average molecular weight is 399 g/mol. The van der Waals surface area contributed by atoms with Crippen molar-refractivity contribution >= 4 is 0 Å². The molecule has 0 saturated heterocycles. The van der Waals surface area contributed by atoms with Crippen LogP contribution in [0.1, 0.15) is 77.2 Å². The first kappa shape index (κ1) is 21.7. The van der Waals surface area contributed by atoms with E-state index in [1.165, 1.54) is 51.4 Å². The molecule has 3 rings (SSSR count). The monoisotopic (exact) mass is 398 g/mol. The van der Waals surface area contributed by atoms with Gasteiger partial charge in [-0.05, 0) is 49.3 Å². The van der Waals surface area contributed by atoms with Gasteiger partial charge in [0.05, 0.1) is 12.3 Å². The molecule has 158 valence electrons. The van der Waals surface area contributed by atoms with Crippen LogP contribution >= 0.6 is 0 Å². The molecule has 0 radical (unpaired) electrons. The van der Waals surface area contributed by atoms with Gasteiger partial charge >= 0.3 is 0 Å². The highest BCUT2D eigenvalue weighted by atomic mass is 19.1. The fraction of sp³-hybridized carbons (Fsp3) is 0.600. The van der Waals surface area contributed by atoms with Gasteiger partial charge < -0.3 is 4.74 Å². The minimum absolute atomic E-state index is 0.133. The molecule has 1 aromatic heterocycles. The van der Waals surface area contributed by atoms with Crippen LogP contribution in [-0.4, -0.2) is 16.8 Å². The van der Waals surface area contributed by atoms with Crippen LogP contribution < -0.4 is 4.74 Å². The van der Waals surface area contributed by atoms with Crippen LogP contribution in [0.5, 0.6) is 5.88 Å². The third-order valence-electron chi connectivity index (χ3n) is 6.29. The zero-order valence-electron chi connectivity index (χ0n) is 18.0. The Morgan fingerprint density at radius 2 is 1.69 bits per heavy atom. The highest BCUT2D eigenvalue weighted by molar-refractivity contribution is 5.59. The summed E-state index contributed by atoms with van der Waals surface area (Å²) < 4.78 is 20.0. The summed E-state index contributed by atoms with van der Waals surface area (Å²) in [6.45, 7) is 4.73. The van der Waals surface area contributed by atoms with Crippen molar-refractivity contribution in [2.75, 3.05) is 6.61 Å². The maximum atomic E-state index is 14.7. The first-order chi connectivity index (χ1) is 14.2. The van der Waals surface area contributed by atoms with Crippen molar-refractivity contribution in [3.8, 4) is 17.1 Å². The molecule has 0 bridgehead atoms. The van der Waals surface area contributed by atoms with Gasteiger partial charge in [0.2, 0.25) is 5.88 Å². The summed E-state index contributed by atoms with van der Waals surface area (Å²) in [6.07, 6.45) is 12.8. The number of ether oxygens (including phenoxy) is 1. The largest absolute Gasteiger partial charge is 0.477 e. The Morgan fingerprint density at radius 1 is 0.931 bits per heavy atom. The summed E-state index contributed by atoms with van der Waals surface area (Å²) in [5.41, 5.74) is 2.24. The Balaban J connectivity index is 1.48. The molecule has 0 amide bonds. The third kappa shape index (κ3) is 6.52. The van der Waals surface area contributed by atoms with E-state index in [2.05, 4.69) is 17.1 Å². The van der Waals surface area contributed by atoms with Crippen molar-refractivity contribution in [3.63, 3.8) is 0 Å². The molecule has 1 heterocycles. The predicted molar refractivity (Wildman–Crippen MR) is 117 cm³/mol. The molecule has 1 saturated carbocycles. The maximum absolute atomic E-state index is 14.7. The maximum Gasteiger partial charge on any atom is 0.233 e. The molecule has 1 aliphatic rings. The minimum atomic E-state index is -0.133. The lowest BCUT2D eigenvalue weighted by Crippen LogP contribution is -2.15. The summed E-state index contributed by atoms with van der Waals surface area (Å²) >= 11 is 0. The van der Waals surface area contributed by atoms with E-state index in [1.54, 1.807) is 12.1 Å². The summed E-state index contributed by atoms with van der Waals surface area (Å²) in [5, 5.41) is 8.18. The van der Waals surface area contributed by atoms with Gasteiger partial charge in [-0.15, -0.1) is 10.2 Å².